The van der Waals surface area contributed by atoms with Crippen molar-refractivity contribution >= 4 is 0 Å². The molecular weight excluding hydrogens is 152 g/mol. The number of nitrogens with zero attached hydrogens (tertiary/aromatic N) is 3. The molecule has 0 radical (unpaired) electrons. The molecule has 1 aromatic rings. The standard InChI is InChI=1S/C8H14N4/c1-12-4-2-7(3-5-12)8-6-9-11-10-8/h6-7H,2-5H2,1H3,(H,9,10,11). The van der Waals surface area contributed by atoms with E-state index in [4.69, 9.17) is 0 Å². The zero-order chi connectivity index (χ0) is 8.39. The lowest BCUT2D eigenvalue weighted by Gasteiger charge is -2.27. The fourth-order valence-electron chi connectivity index (χ4n) is 1.72. The number of aromatic nitrogens is 3. The average Bonchev–Trinajstić information content (AvgIpc) is 2.58. The Morgan fingerprint density at radius 3 is 2.83 bits per heavy atom. The first-order valence-corrected chi connectivity index (χ1v) is 4.41. The SMILES string of the molecule is CN1CCC(c2cnn[nH]2)CC1. The monoisotopic (exact) mass is 166 g/mol. The average molecular weight is 166 g/mol. The van der Waals surface area contributed by atoms with Crippen molar-refractivity contribution in [3.05, 3.63) is 11.9 Å². The molecule has 0 aliphatic carbocycles. The molecule has 1 N–H and O–H groups in total. The molecule has 2 rings (SSSR count). The number of rotatable bonds is 1. The second-order valence-corrected chi connectivity index (χ2v) is 3.49. The van der Waals surface area contributed by atoms with E-state index in [0.29, 0.717) is 5.92 Å². The fourth-order valence-corrected chi connectivity index (χ4v) is 1.72. The molecule has 1 aromatic heterocycles. The minimum atomic E-state index is 0.649. The summed E-state index contributed by atoms with van der Waals surface area (Å²) < 4.78 is 0. The maximum atomic E-state index is 3.80. The highest BCUT2D eigenvalue weighted by molar-refractivity contribution is 5.02. The molecule has 12 heavy (non-hydrogen) atoms. The van der Waals surface area contributed by atoms with E-state index in [2.05, 4.69) is 27.4 Å². The molecule has 1 saturated heterocycles. The number of aromatic amines is 1. The van der Waals surface area contributed by atoms with Crippen molar-refractivity contribution in [3.8, 4) is 0 Å². The molecule has 4 nitrogen and oxygen atoms in total. The van der Waals surface area contributed by atoms with Crippen LogP contribution in [0.3, 0.4) is 0 Å². The summed E-state index contributed by atoms with van der Waals surface area (Å²) in [6, 6.07) is 0. The number of H-pyrrole nitrogens is 1. The Kier molecular flexibility index (Phi) is 2.08. The molecular formula is C8H14N4. The summed E-state index contributed by atoms with van der Waals surface area (Å²) >= 11 is 0. The molecule has 0 unspecified atom stereocenters. The van der Waals surface area contributed by atoms with Crippen LogP contribution < -0.4 is 0 Å². The molecule has 1 aliphatic heterocycles. The number of piperidine rings is 1. The van der Waals surface area contributed by atoms with Gasteiger partial charge in [-0.3, -0.25) is 5.10 Å². The molecule has 0 aromatic carbocycles. The summed E-state index contributed by atoms with van der Waals surface area (Å²) in [5, 5.41) is 10.5. The Morgan fingerprint density at radius 1 is 1.50 bits per heavy atom. The van der Waals surface area contributed by atoms with Crippen LogP contribution in [0.2, 0.25) is 0 Å². The van der Waals surface area contributed by atoms with Gasteiger partial charge in [0, 0.05) is 5.92 Å². The van der Waals surface area contributed by atoms with E-state index in [1.54, 1.807) is 0 Å². The Morgan fingerprint density at radius 2 is 2.25 bits per heavy atom. The van der Waals surface area contributed by atoms with Crippen molar-refractivity contribution in [2.24, 2.45) is 0 Å². The normalized spacial score (nSPS) is 21.4. The van der Waals surface area contributed by atoms with E-state index < -0.39 is 0 Å². The topological polar surface area (TPSA) is 44.8 Å². The molecule has 2 heterocycles. The third-order valence-electron chi connectivity index (χ3n) is 2.59. The van der Waals surface area contributed by atoms with Gasteiger partial charge in [0.15, 0.2) is 0 Å². The van der Waals surface area contributed by atoms with Crippen molar-refractivity contribution in [3.63, 3.8) is 0 Å². The number of likely N-dealkylation sites (tertiary alicyclic amines) is 1. The molecule has 1 fully saturated rings. The van der Waals surface area contributed by atoms with Crippen molar-refractivity contribution < 1.29 is 0 Å². The quantitative estimate of drug-likeness (QED) is 0.665. The summed E-state index contributed by atoms with van der Waals surface area (Å²) in [6.45, 7) is 2.37. The van der Waals surface area contributed by atoms with E-state index in [1.165, 1.54) is 31.6 Å². The summed E-state index contributed by atoms with van der Waals surface area (Å²) in [7, 11) is 2.17. The third-order valence-corrected chi connectivity index (χ3v) is 2.59. The van der Waals surface area contributed by atoms with E-state index in [9.17, 15) is 0 Å². The van der Waals surface area contributed by atoms with Gasteiger partial charge in [-0.1, -0.05) is 5.21 Å². The van der Waals surface area contributed by atoms with Crippen LogP contribution >= 0.6 is 0 Å². The highest BCUT2D eigenvalue weighted by Gasteiger charge is 2.19. The molecule has 1 aliphatic rings. The van der Waals surface area contributed by atoms with Gasteiger partial charge in [0.05, 0.1) is 11.9 Å². The first-order chi connectivity index (χ1) is 5.86. The second-order valence-electron chi connectivity index (χ2n) is 3.49. The molecule has 0 amide bonds. The van der Waals surface area contributed by atoms with Crippen LogP contribution in [0, 0.1) is 0 Å². The molecule has 0 bridgehead atoms. The maximum absolute atomic E-state index is 3.80. The predicted molar refractivity (Wildman–Crippen MR) is 45.9 cm³/mol. The zero-order valence-corrected chi connectivity index (χ0v) is 7.32. The molecule has 0 atom stereocenters. The summed E-state index contributed by atoms with van der Waals surface area (Å²) in [5.74, 6) is 0.649. The zero-order valence-electron chi connectivity index (χ0n) is 7.32. The largest absolute Gasteiger partial charge is 0.306 e. The Hall–Kier alpha value is -0.900. The van der Waals surface area contributed by atoms with Gasteiger partial charge in [-0.15, -0.1) is 5.10 Å². The van der Waals surface area contributed by atoms with E-state index in [1.807, 2.05) is 6.20 Å². The Balaban J connectivity index is 1.99. The van der Waals surface area contributed by atoms with Gasteiger partial charge in [-0.05, 0) is 33.0 Å². The van der Waals surface area contributed by atoms with Crippen LogP contribution in [-0.2, 0) is 0 Å². The lowest BCUT2D eigenvalue weighted by Crippen LogP contribution is -2.29. The third kappa shape index (κ3) is 1.48. The van der Waals surface area contributed by atoms with E-state index in [0.717, 1.165) is 0 Å². The summed E-state index contributed by atoms with van der Waals surface area (Å²) in [4.78, 5) is 2.36. The Bertz CT molecular complexity index is 223. The van der Waals surface area contributed by atoms with Crippen LogP contribution in [0.4, 0.5) is 0 Å². The van der Waals surface area contributed by atoms with Gasteiger partial charge in [-0.2, -0.15) is 0 Å². The van der Waals surface area contributed by atoms with Gasteiger partial charge in [0.1, 0.15) is 0 Å². The Labute approximate surface area is 72.0 Å². The van der Waals surface area contributed by atoms with Gasteiger partial charge >= 0.3 is 0 Å². The molecule has 66 valence electrons. The summed E-state index contributed by atoms with van der Waals surface area (Å²) in [5.41, 5.74) is 1.20. The predicted octanol–water partition coefficient (Wildman–Crippen LogP) is 0.614. The van der Waals surface area contributed by atoms with Crippen LogP contribution in [0.25, 0.3) is 0 Å². The number of hydrogen-bond donors (Lipinski definition) is 1. The first-order valence-electron chi connectivity index (χ1n) is 4.41. The van der Waals surface area contributed by atoms with E-state index in [-0.39, 0.29) is 0 Å². The van der Waals surface area contributed by atoms with Gasteiger partial charge < -0.3 is 4.90 Å². The second kappa shape index (κ2) is 3.23. The molecule has 4 heteroatoms. The van der Waals surface area contributed by atoms with Crippen LogP contribution in [0.5, 0.6) is 0 Å². The van der Waals surface area contributed by atoms with Gasteiger partial charge in [0.25, 0.3) is 0 Å². The first kappa shape index (κ1) is 7.73. The van der Waals surface area contributed by atoms with Crippen molar-refractivity contribution in [1.82, 2.24) is 20.3 Å². The number of hydrogen-bond acceptors (Lipinski definition) is 3. The van der Waals surface area contributed by atoms with Gasteiger partial charge in [-0.25, -0.2) is 0 Å². The maximum Gasteiger partial charge on any atom is 0.0725 e. The molecule has 0 saturated carbocycles. The van der Waals surface area contributed by atoms with Crippen molar-refractivity contribution in [2.45, 2.75) is 18.8 Å². The minimum Gasteiger partial charge on any atom is -0.306 e. The minimum absolute atomic E-state index is 0.649. The smallest absolute Gasteiger partial charge is 0.0725 e. The van der Waals surface area contributed by atoms with Crippen molar-refractivity contribution in [1.29, 1.82) is 0 Å². The van der Waals surface area contributed by atoms with Gasteiger partial charge in [0.2, 0.25) is 0 Å². The van der Waals surface area contributed by atoms with Crippen LogP contribution in [0.15, 0.2) is 6.20 Å². The van der Waals surface area contributed by atoms with Crippen LogP contribution in [-0.4, -0.2) is 40.4 Å². The highest BCUT2D eigenvalue weighted by atomic mass is 15.3. The lowest BCUT2D eigenvalue weighted by atomic mass is 9.94. The van der Waals surface area contributed by atoms with Crippen molar-refractivity contribution in [2.75, 3.05) is 20.1 Å². The van der Waals surface area contributed by atoms with E-state index >= 15 is 0 Å². The number of nitrogens with one attached hydrogen (secondary N) is 1. The fraction of sp³-hybridized carbons (Fsp3) is 0.750. The summed E-state index contributed by atoms with van der Waals surface area (Å²) in [6.07, 6.45) is 4.29. The lowest BCUT2D eigenvalue weighted by molar-refractivity contribution is 0.253. The van der Waals surface area contributed by atoms with Crippen LogP contribution in [0.1, 0.15) is 24.5 Å². The molecule has 0 spiro atoms. The highest BCUT2D eigenvalue weighted by Crippen LogP contribution is 2.24.